The molecule has 1 aromatic carbocycles. The van der Waals surface area contributed by atoms with Crippen LogP contribution in [-0.2, 0) is 31.9 Å². The first-order valence-corrected chi connectivity index (χ1v) is 11.5. The molecule has 0 aliphatic rings. The lowest BCUT2D eigenvalue weighted by Crippen LogP contribution is -2.44. The van der Waals surface area contributed by atoms with E-state index in [1.54, 1.807) is 30.3 Å². The fraction of sp³-hybridized carbons (Fsp3) is 0.316. The maximum Gasteiger partial charge on any atom is 0.328 e. The van der Waals surface area contributed by atoms with Crippen LogP contribution >= 0.6 is 0 Å². The van der Waals surface area contributed by atoms with Crippen molar-refractivity contribution < 1.29 is 18.0 Å². The van der Waals surface area contributed by atoms with E-state index in [1.807, 2.05) is 0 Å². The number of nitrogens with one attached hydrogen (secondary N) is 5. The lowest BCUT2D eigenvalue weighted by atomic mass is 10.1. The molecular formula is C19H25N7O6S. The van der Waals surface area contributed by atoms with Gasteiger partial charge in [0.2, 0.25) is 15.9 Å². The van der Waals surface area contributed by atoms with Crippen LogP contribution in [-0.4, -0.2) is 48.7 Å². The third kappa shape index (κ3) is 8.25. The summed E-state index contributed by atoms with van der Waals surface area (Å²) < 4.78 is 27.4. The van der Waals surface area contributed by atoms with Crippen LogP contribution in [0.15, 0.2) is 46.1 Å². The Morgan fingerprint density at radius 1 is 1.24 bits per heavy atom. The van der Waals surface area contributed by atoms with Crippen LogP contribution in [0, 0.1) is 5.41 Å². The number of rotatable bonds is 12. The van der Waals surface area contributed by atoms with Crippen molar-refractivity contribution in [3.63, 3.8) is 0 Å². The van der Waals surface area contributed by atoms with Crippen LogP contribution in [0.3, 0.4) is 0 Å². The summed E-state index contributed by atoms with van der Waals surface area (Å²) in [6.45, 7) is -0.404. The zero-order valence-corrected chi connectivity index (χ0v) is 18.4. The molecule has 33 heavy (non-hydrogen) atoms. The number of hydrogen-bond acceptors (Lipinski definition) is 7. The average Bonchev–Trinajstić information content (AvgIpc) is 2.75. The minimum absolute atomic E-state index is 0.223. The molecule has 0 radical (unpaired) electrons. The highest BCUT2D eigenvalue weighted by Gasteiger charge is 2.18. The van der Waals surface area contributed by atoms with Gasteiger partial charge in [-0.25, -0.2) is 17.8 Å². The maximum atomic E-state index is 12.6. The standard InChI is InChI=1S/C19H25N7O6S/c20-18(21)22-8-4-7-14(11-27)24-16(28)10-26-17(29)15(9-23-19(26)30)25-33(31,32)12-13-5-2-1-3-6-13/h1-3,5-6,9,11,14,25H,4,7-8,10,12H2,(H,23,30)(H,24,28)(H4,20,21,22)/t14-/m0/s1. The van der Waals surface area contributed by atoms with Crippen LogP contribution in [0.25, 0.3) is 0 Å². The first-order chi connectivity index (χ1) is 15.6. The van der Waals surface area contributed by atoms with Crippen LogP contribution in [0.1, 0.15) is 18.4 Å². The van der Waals surface area contributed by atoms with Gasteiger partial charge in [0.25, 0.3) is 5.56 Å². The topological polar surface area (TPSA) is 209 Å². The van der Waals surface area contributed by atoms with E-state index in [0.717, 1.165) is 6.20 Å². The van der Waals surface area contributed by atoms with Gasteiger partial charge in [-0.05, 0) is 18.4 Å². The van der Waals surface area contributed by atoms with Crippen molar-refractivity contribution in [3.8, 4) is 0 Å². The number of benzene rings is 1. The average molecular weight is 480 g/mol. The van der Waals surface area contributed by atoms with Gasteiger partial charge in [0.15, 0.2) is 5.96 Å². The summed E-state index contributed by atoms with van der Waals surface area (Å²) in [4.78, 5) is 50.4. The Kier molecular flexibility index (Phi) is 8.91. The smallest absolute Gasteiger partial charge is 0.328 e. The van der Waals surface area contributed by atoms with Gasteiger partial charge in [0, 0.05) is 12.7 Å². The largest absolute Gasteiger partial charge is 0.370 e. The van der Waals surface area contributed by atoms with E-state index >= 15 is 0 Å². The molecule has 2 aromatic rings. The predicted octanol–water partition coefficient (Wildman–Crippen LogP) is -1.57. The first kappa shape index (κ1) is 25.3. The molecule has 1 aromatic heterocycles. The summed E-state index contributed by atoms with van der Waals surface area (Å²) in [6.07, 6.45) is 2.08. The number of sulfonamides is 1. The molecular weight excluding hydrogens is 454 g/mol. The van der Waals surface area contributed by atoms with E-state index in [2.05, 4.69) is 20.3 Å². The first-order valence-electron chi connectivity index (χ1n) is 9.81. The van der Waals surface area contributed by atoms with E-state index in [0.29, 0.717) is 29.4 Å². The molecule has 0 saturated heterocycles. The van der Waals surface area contributed by atoms with Crippen molar-refractivity contribution in [2.24, 2.45) is 5.73 Å². The number of aromatic amines is 1. The van der Waals surface area contributed by atoms with Gasteiger partial charge in [0.05, 0.1) is 11.8 Å². The molecule has 14 heteroatoms. The molecule has 0 aliphatic heterocycles. The summed E-state index contributed by atoms with van der Waals surface area (Å²) in [5.74, 6) is -1.41. The van der Waals surface area contributed by atoms with Crippen molar-refractivity contribution in [3.05, 3.63) is 62.9 Å². The van der Waals surface area contributed by atoms with Crippen molar-refractivity contribution in [2.75, 3.05) is 11.3 Å². The second-order valence-corrected chi connectivity index (χ2v) is 8.76. The highest BCUT2D eigenvalue weighted by molar-refractivity contribution is 7.91. The SMILES string of the molecule is N=C(N)NCCC[C@@H](C=O)NC(=O)Cn1c(=O)[nH]cc(NS(=O)(=O)Cc2ccccc2)c1=O. The van der Waals surface area contributed by atoms with E-state index in [1.165, 1.54) is 0 Å². The molecule has 1 atom stereocenters. The van der Waals surface area contributed by atoms with Gasteiger partial charge in [-0.15, -0.1) is 0 Å². The molecule has 2 rings (SSSR count). The van der Waals surface area contributed by atoms with Gasteiger partial charge >= 0.3 is 5.69 Å². The maximum absolute atomic E-state index is 12.6. The molecule has 178 valence electrons. The Bertz CT molecular complexity index is 1210. The van der Waals surface area contributed by atoms with Gasteiger partial charge in [-0.2, -0.15) is 0 Å². The third-order valence-corrected chi connectivity index (χ3v) is 5.59. The minimum atomic E-state index is -3.97. The molecule has 7 N–H and O–H groups in total. The number of guanidine groups is 1. The second-order valence-electron chi connectivity index (χ2n) is 7.04. The number of carbonyl (C=O) groups is 2. The zero-order chi connectivity index (χ0) is 24.4. The van der Waals surface area contributed by atoms with Crippen molar-refractivity contribution in [2.45, 2.75) is 31.2 Å². The van der Waals surface area contributed by atoms with Crippen molar-refractivity contribution >= 4 is 33.9 Å². The van der Waals surface area contributed by atoms with Crippen molar-refractivity contribution in [1.82, 2.24) is 20.2 Å². The lowest BCUT2D eigenvalue weighted by Gasteiger charge is -2.14. The van der Waals surface area contributed by atoms with Crippen LogP contribution in [0.5, 0.6) is 0 Å². The summed E-state index contributed by atoms with van der Waals surface area (Å²) >= 11 is 0. The second kappa shape index (κ2) is 11.6. The molecule has 1 amide bonds. The van der Waals surface area contributed by atoms with E-state index in [9.17, 15) is 27.6 Å². The number of nitrogens with two attached hydrogens (primary N) is 1. The summed E-state index contributed by atoms with van der Waals surface area (Å²) in [7, 11) is -3.97. The Balaban J connectivity index is 2.07. The molecule has 0 saturated carbocycles. The number of hydrogen-bond donors (Lipinski definition) is 6. The Morgan fingerprint density at radius 3 is 2.58 bits per heavy atom. The van der Waals surface area contributed by atoms with E-state index in [4.69, 9.17) is 11.1 Å². The molecule has 0 spiro atoms. The molecule has 0 bridgehead atoms. The predicted molar refractivity (Wildman–Crippen MR) is 121 cm³/mol. The highest BCUT2D eigenvalue weighted by atomic mass is 32.2. The van der Waals surface area contributed by atoms with Crippen LogP contribution in [0.4, 0.5) is 5.69 Å². The van der Waals surface area contributed by atoms with Gasteiger partial charge < -0.3 is 26.1 Å². The molecule has 0 fully saturated rings. The Morgan fingerprint density at radius 2 is 1.94 bits per heavy atom. The van der Waals surface area contributed by atoms with Crippen LogP contribution in [0.2, 0.25) is 0 Å². The fourth-order valence-corrected chi connectivity index (χ4v) is 4.03. The number of H-pyrrole nitrogens is 1. The molecule has 1 heterocycles. The molecule has 0 unspecified atom stereocenters. The lowest BCUT2D eigenvalue weighted by molar-refractivity contribution is -0.124. The van der Waals surface area contributed by atoms with Gasteiger partial charge in [-0.1, -0.05) is 30.3 Å². The number of carbonyl (C=O) groups excluding carboxylic acids is 2. The van der Waals surface area contributed by atoms with Crippen molar-refractivity contribution in [1.29, 1.82) is 5.41 Å². The molecule has 13 nitrogen and oxygen atoms in total. The quantitative estimate of drug-likeness (QED) is 0.0903. The fourth-order valence-electron chi connectivity index (χ4n) is 2.84. The Labute approximate surface area is 189 Å². The number of aldehydes is 1. The third-order valence-electron chi connectivity index (χ3n) is 4.35. The monoisotopic (exact) mass is 479 g/mol. The summed E-state index contributed by atoms with van der Waals surface area (Å²) in [5.41, 5.74) is 3.28. The normalized spacial score (nSPS) is 11.9. The zero-order valence-electron chi connectivity index (χ0n) is 17.5. The number of aromatic nitrogens is 2. The minimum Gasteiger partial charge on any atom is -0.370 e. The number of amides is 1. The number of nitrogens with zero attached hydrogens (tertiary/aromatic N) is 1. The summed E-state index contributed by atoms with van der Waals surface area (Å²) in [5, 5.41) is 12.0. The molecule has 0 aliphatic carbocycles. The number of anilines is 1. The van der Waals surface area contributed by atoms with E-state index in [-0.39, 0.29) is 12.4 Å². The van der Waals surface area contributed by atoms with Crippen LogP contribution < -0.4 is 32.3 Å². The Hall–Kier alpha value is -3.94. The van der Waals surface area contributed by atoms with E-state index < -0.39 is 51.2 Å². The van der Waals surface area contributed by atoms with Gasteiger partial charge in [-0.3, -0.25) is 19.7 Å². The summed E-state index contributed by atoms with van der Waals surface area (Å²) in [6, 6.07) is 7.40. The highest BCUT2D eigenvalue weighted by Crippen LogP contribution is 2.08. The van der Waals surface area contributed by atoms with Gasteiger partial charge in [0.1, 0.15) is 18.5 Å².